The Morgan fingerprint density at radius 2 is 1.88 bits per heavy atom. The normalized spacial score (nSPS) is 12.3. The molecule has 24 heavy (non-hydrogen) atoms. The van der Waals surface area contributed by atoms with E-state index >= 15 is 0 Å². The van der Waals surface area contributed by atoms with Crippen molar-refractivity contribution in [1.29, 1.82) is 0 Å². The molecule has 1 aromatic carbocycles. The molecule has 5 N–H and O–H groups in total. The fraction of sp³-hybridized carbons (Fsp3) is 0.471. The summed E-state index contributed by atoms with van der Waals surface area (Å²) in [6.07, 6.45) is 0.296. The van der Waals surface area contributed by atoms with E-state index in [1.165, 1.54) is 0 Å². The molecule has 0 aliphatic rings. The van der Waals surface area contributed by atoms with Gasteiger partial charge in [-0.3, -0.25) is 9.59 Å². The molecule has 0 spiro atoms. The predicted octanol–water partition coefficient (Wildman–Crippen LogP) is 1.85. The lowest BCUT2D eigenvalue weighted by Gasteiger charge is -2.27. The Labute approximate surface area is 141 Å². The molecule has 0 aliphatic carbocycles. The summed E-state index contributed by atoms with van der Waals surface area (Å²) in [7, 11) is 0. The van der Waals surface area contributed by atoms with E-state index in [0.29, 0.717) is 6.42 Å². The van der Waals surface area contributed by atoms with Gasteiger partial charge in [0.2, 0.25) is 5.91 Å². The van der Waals surface area contributed by atoms with Crippen LogP contribution in [0.4, 0.5) is 4.79 Å². The number of nitrogens with two attached hydrogens (primary N) is 1. The Hall–Kier alpha value is -2.57. The number of carbonyl (C=O) groups is 3. The van der Waals surface area contributed by atoms with Gasteiger partial charge in [-0.2, -0.15) is 0 Å². The maximum Gasteiger partial charge on any atom is 0.312 e. The largest absolute Gasteiger partial charge is 0.481 e. The summed E-state index contributed by atoms with van der Waals surface area (Å²) in [6.45, 7) is 5.41. The zero-order valence-electron chi connectivity index (χ0n) is 14.3. The third kappa shape index (κ3) is 6.68. The van der Waals surface area contributed by atoms with Crippen molar-refractivity contribution in [2.45, 2.75) is 51.6 Å². The fourth-order valence-corrected chi connectivity index (χ4v) is 2.48. The van der Waals surface area contributed by atoms with Gasteiger partial charge in [0.05, 0.1) is 12.5 Å². The van der Waals surface area contributed by atoms with E-state index in [2.05, 4.69) is 10.6 Å². The van der Waals surface area contributed by atoms with Gasteiger partial charge in [0.15, 0.2) is 0 Å². The highest BCUT2D eigenvalue weighted by Crippen LogP contribution is 2.21. The molecule has 1 rings (SSSR count). The molecule has 1 unspecified atom stereocenters. The number of aryl methyl sites for hydroxylation is 1. The Bertz CT molecular complexity index is 614. The van der Waals surface area contributed by atoms with Crippen molar-refractivity contribution < 1.29 is 19.5 Å². The Kier molecular flexibility index (Phi) is 6.76. The van der Waals surface area contributed by atoms with Crippen LogP contribution in [-0.4, -0.2) is 28.6 Å². The molecule has 0 radical (unpaired) electrons. The summed E-state index contributed by atoms with van der Waals surface area (Å²) in [4.78, 5) is 34.3. The van der Waals surface area contributed by atoms with Gasteiger partial charge in [-0.15, -0.1) is 0 Å². The standard InChI is InChI=1S/C17H25N3O4/c1-11-6-4-5-7-12(11)13(19-16(18)24)10-14(21)20-17(2,3)9-8-15(22)23/h4-7,13H,8-10H2,1-3H3,(H,20,21)(H,22,23)(H3,18,19,24). The third-order valence-corrected chi connectivity index (χ3v) is 3.71. The molecule has 1 atom stereocenters. The van der Waals surface area contributed by atoms with Crippen LogP contribution in [0.25, 0.3) is 0 Å². The predicted molar refractivity (Wildman–Crippen MR) is 90.3 cm³/mol. The van der Waals surface area contributed by atoms with Gasteiger partial charge < -0.3 is 21.5 Å². The highest BCUT2D eigenvalue weighted by molar-refractivity contribution is 5.79. The number of aliphatic carboxylic acids is 1. The second-order valence-electron chi connectivity index (χ2n) is 6.45. The Balaban J connectivity index is 2.80. The average molecular weight is 335 g/mol. The van der Waals surface area contributed by atoms with Crippen molar-refractivity contribution >= 4 is 17.9 Å². The molecule has 7 nitrogen and oxygen atoms in total. The van der Waals surface area contributed by atoms with Crippen LogP contribution in [0, 0.1) is 6.92 Å². The van der Waals surface area contributed by atoms with Crippen LogP contribution in [-0.2, 0) is 9.59 Å². The second kappa shape index (κ2) is 8.33. The number of rotatable bonds is 8. The lowest BCUT2D eigenvalue weighted by atomic mass is 9.95. The minimum Gasteiger partial charge on any atom is -0.481 e. The number of nitrogens with one attached hydrogen (secondary N) is 2. The first-order chi connectivity index (χ1) is 11.1. The van der Waals surface area contributed by atoms with Crippen LogP contribution in [0.15, 0.2) is 24.3 Å². The summed E-state index contributed by atoms with van der Waals surface area (Å²) >= 11 is 0. The molecule has 1 aromatic rings. The summed E-state index contributed by atoms with van der Waals surface area (Å²) in [5.74, 6) is -1.20. The average Bonchev–Trinajstić information content (AvgIpc) is 2.44. The SMILES string of the molecule is Cc1ccccc1C(CC(=O)NC(C)(C)CCC(=O)O)NC(N)=O. The van der Waals surface area contributed by atoms with Crippen LogP contribution in [0.3, 0.4) is 0 Å². The maximum absolute atomic E-state index is 12.3. The molecule has 0 bridgehead atoms. The van der Waals surface area contributed by atoms with Crippen LogP contribution in [0.2, 0.25) is 0 Å². The molecule has 7 heteroatoms. The lowest BCUT2D eigenvalue weighted by Crippen LogP contribution is -2.45. The van der Waals surface area contributed by atoms with Crippen molar-refractivity contribution in [2.75, 3.05) is 0 Å². The van der Waals surface area contributed by atoms with Crippen molar-refractivity contribution in [3.8, 4) is 0 Å². The van der Waals surface area contributed by atoms with E-state index in [9.17, 15) is 14.4 Å². The van der Waals surface area contributed by atoms with Crippen molar-refractivity contribution in [3.05, 3.63) is 35.4 Å². The number of carboxylic acids is 1. The Morgan fingerprint density at radius 1 is 1.25 bits per heavy atom. The summed E-state index contributed by atoms with van der Waals surface area (Å²) in [5, 5.41) is 14.2. The first-order valence-corrected chi connectivity index (χ1v) is 7.75. The van der Waals surface area contributed by atoms with E-state index in [1.54, 1.807) is 13.8 Å². The molecular weight excluding hydrogens is 310 g/mol. The zero-order chi connectivity index (χ0) is 18.3. The highest BCUT2D eigenvalue weighted by Gasteiger charge is 2.25. The van der Waals surface area contributed by atoms with E-state index < -0.39 is 23.6 Å². The molecule has 3 amide bonds. The minimum absolute atomic E-state index is 0.0181. The van der Waals surface area contributed by atoms with Gasteiger partial charge in [0, 0.05) is 12.0 Å². The molecule has 0 heterocycles. The monoisotopic (exact) mass is 335 g/mol. The number of hydrogen-bond donors (Lipinski definition) is 4. The highest BCUT2D eigenvalue weighted by atomic mass is 16.4. The number of amides is 3. The maximum atomic E-state index is 12.3. The topological polar surface area (TPSA) is 122 Å². The van der Waals surface area contributed by atoms with E-state index in [4.69, 9.17) is 10.8 Å². The van der Waals surface area contributed by atoms with Gasteiger partial charge in [-0.1, -0.05) is 24.3 Å². The van der Waals surface area contributed by atoms with E-state index in [-0.39, 0.29) is 18.7 Å². The van der Waals surface area contributed by atoms with Gasteiger partial charge in [0.1, 0.15) is 0 Å². The lowest BCUT2D eigenvalue weighted by molar-refractivity contribution is -0.137. The van der Waals surface area contributed by atoms with Crippen LogP contribution < -0.4 is 16.4 Å². The molecule has 0 aromatic heterocycles. The molecule has 0 aliphatic heterocycles. The van der Waals surface area contributed by atoms with Gasteiger partial charge in [0.25, 0.3) is 0 Å². The van der Waals surface area contributed by atoms with Crippen molar-refractivity contribution in [3.63, 3.8) is 0 Å². The smallest absolute Gasteiger partial charge is 0.312 e. The number of carbonyl (C=O) groups excluding carboxylic acids is 2. The minimum atomic E-state index is -0.912. The van der Waals surface area contributed by atoms with Gasteiger partial charge in [-0.25, -0.2) is 4.79 Å². The molecule has 0 saturated carbocycles. The molecule has 0 fully saturated rings. The number of primary amides is 1. The Morgan fingerprint density at radius 3 is 2.42 bits per heavy atom. The van der Waals surface area contributed by atoms with Crippen molar-refractivity contribution in [2.24, 2.45) is 5.73 Å². The van der Waals surface area contributed by atoms with Crippen molar-refractivity contribution in [1.82, 2.24) is 10.6 Å². The number of benzene rings is 1. The zero-order valence-corrected chi connectivity index (χ0v) is 14.3. The number of urea groups is 1. The van der Waals surface area contributed by atoms with E-state index in [0.717, 1.165) is 11.1 Å². The number of carboxylic acid groups (broad SMARTS) is 1. The molecular formula is C17H25N3O4. The van der Waals surface area contributed by atoms with Crippen LogP contribution >= 0.6 is 0 Å². The van der Waals surface area contributed by atoms with Gasteiger partial charge in [-0.05, 0) is 38.3 Å². The third-order valence-electron chi connectivity index (χ3n) is 3.71. The summed E-state index contributed by atoms with van der Waals surface area (Å²) < 4.78 is 0. The quantitative estimate of drug-likeness (QED) is 0.579. The summed E-state index contributed by atoms with van der Waals surface area (Å²) in [5.41, 5.74) is 6.32. The second-order valence-corrected chi connectivity index (χ2v) is 6.45. The van der Waals surface area contributed by atoms with Crippen LogP contribution in [0.1, 0.15) is 50.3 Å². The van der Waals surface area contributed by atoms with E-state index in [1.807, 2.05) is 31.2 Å². The first-order valence-electron chi connectivity index (χ1n) is 7.75. The molecule has 132 valence electrons. The van der Waals surface area contributed by atoms with Crippen LogP contribution in [0.5, 0.6) is 0 Å². The number of hydrogen-bond acceptors (Lipinski definition) is 3. The fourth-order valence-electron chi connectivity index (χ4n) is 2.48. The van der Waals surface area contributed by atoms with Gasteiger partial charge >= 0.3 is 12.0 Å². The first kappa shape index (κ1) is 19.5. The summed E-state index contributed by atoms with van der Waals surface area (Å²) in [6, 6.07) is 6.17. The molecule has 0 saturated heterocycles.